The van der Waals surface area contributed by atoms with Crippen molar-refractivity contribution in [2.75, 3.05) is 19.1 Å². The molecule has 1 aromatic heterocycles. The van der Waals surface area contributed by atoms with Crippen LogP contribution in [0, 0.1) is 0 Å². The lowest BCUT2D eigenvalue weighted by atomic mass is 10.2. The molecule has 7 heteroatoms. The summed E-state index contributed by atoms with van der Waals surface area (Å²) in [5, 5.41) is 8.95. The molecule has 0 fully saturated rings. The zero-order chi connectivity index (χ0) is 19.4. The highest BCUT2D eigenvalue weighted by Gasteiger charge is 2.22. The highest BCUT2D eigenvalue weighted by atomic mass is 32.2. The van der Waals surface area contributed by atoms with E-state index in [1.54, 1.807) is 19.1 Å². The average molecular weight is 382 g/mol. The molecule has 1 amide bonds. The number of carbonyl (C=O) groups is 1. The second-order valence-corrected chi connectivity index (χ2v) is 7.39. The minimum absolute atomic E-state index is 0.0141. The van der Waals surface area contributed by atoms with Gasteiger partial charge in [0.15, 0.2) is 11.0 Å². The van der Waals surface area contributed by atoms with Gasteiger partial charge in [-0.05, 0) is 43.3 Å². The van der Waals surface area contributed by atoms with Gasteiger partial charge in [0.05, 0.1) is 12.4 Å². The van der Waals surface area contributed by atoms with Crippen LogP contribution in [0.5, 0.6) is 5.75 Å². The Morgan fingerprint density at radius 3 is 2.41 bits per heavy atom. The molecule has 27 heavy (non-hydrogen) atoms. The molecule has 0 aliphatic heterocycles. The molecule has 0 unspecified atom stereocenters. The van der Waals surface area contributed by atoms with E-state index in [4.69, 9.17) is 4.74 Å². The lowest BCUT2D eigenvalue weighted by Crippen LogP contribution is -2.33. The Morgan fingerprint density at radius 1 is 1.11 bits per heavy atom. The first kappa shape index (κ1) is 19.0. The average Bonchev–Trinajstić information content (AvgIpc) is 3.07. The fourth-order valence-corrected chi connectivity index (χ4v) is 3.58. The van der Waals surface area contributed by atoms with E-state index in [2.05, 4.69) is 10.2 Å². The van der Waals surface area contributed by atoms with Gasteiger partial charge in [-0.25, -0.2) is 0 Å². The number of carbonyl (C=O) groups excluding carboxylic acids is 1. The van der Waals surface area contributed by atoms with E-state index in [1.165, 1.54) is 11.8 Å². The number of hydrogen-bond donors (Lipinski definition) is 0. The van der Waals surface area contributed by atoms with E-state index in [0.717, 1.165) is 22.8 Å². The van der Waals surface area contributed by atoms with E-state index >= 15 is 0 Å². The third-order valence-corrected chi connectivity index (χ3v) is 5.41. The van der Waals surface area contributed by atoms with Crippen molar-refractivity contribution < 1.29 is 9.53 Å². The molecule has 0 saturated heterocycles. The van der Waals surface area contributed by atoms with Gasteiger partial charge in [0.2, 0.25) is 5.91 Å². The zero-order valence-electron chi connectivity index (χ0n) is 15.8. The predicted molar refractivity (Wildman–Crippen MR) is 108 cm³/mol. The summed E-state index contributed by atoms with van der Waals surface area (Å²) < 4.78 is 7.09. The molecule has 0 aliphatic carbocycles. The zero-order valence-corrected chi connectivity index (χ0v) is 16.6. The number of para-hydroxylation sites is 1. The van der Waals surface area contributed by atoms with E-state index in [0.29, 0.717) is 5.16 Å². The second kappa shape index (κ2) is 8.26. The fraction of sp³-hybridized carbons (Fsp3) is 0.250. The molecular formula is C20H22N4O2S. The Kier molecular flexibility index (Phi) is 5.81. The number of nitrogens with zero attached hydrogens (tertiary/aromatic N) is 4. The molecule has 0 spiro atoms. The van der Waals surface area contributed by atoms with Crippen molar-refractivity contribution in [1.82, 2.24) is 14.8 Å². The SMILES string of the molecule is COc1ccc(-c2nnc(S[C@H](C)C(=O)N(C)c3ccccc3)n2C)cc1. The van der Waals surface area contributed by atoms with E-state index in [9.17, 15) is 4.79 Å². The highest BCUT2D eigenvalue weighted by molar-refractivity contribution is 8.00. The number of hydrogen-bond acceptors (Lipinski definition) is 5. The summed E-state index contributed by atoms with van der Waals surface area (Å²) in [5.41, 5.74) is 1.81. The number of anilines is 1. The summed E-state index contributed by atoms with van der Waals surface area (Å²) in [6, 6.07) is 17.3. The van der Waals surface area contributed by atoms with Crippen LogP contribution in [0.3, 0.4) is 0 Å². The lowest BCUT2D eigenvalue weighted by Gasteiger charge is -2.20. The van der Waals surface area contributed by atoms with Gasteiger partial charge in [-0.1, -0.05) is 30.0 Å². The molecule has 140 valence electrons. The van der Waals surface area contributed by atoms with Crippen LogP contribution in [-0.4, -0.2) is 40.1 Å². The first-order valence-corrected chi connectivity index (χ1v) is 9.42. The Morgan fingerprint density at radius 2 is 1.78 bits per heavy atom. The molecule has 2 aromatic carbocycles. The predicted octanol–water partition coefficient (Wildman–Crippen LogP) is 3.63. The minimum atomic E-state index is -0.290. The smallest absolute Gasteiger partial charge is 0.240 e. The van der Waals surface area contributed by atoms with Crippen LogP contribution in [0.15, 0.2) is 59.8 Å². The monoisotopic (exact) mass is 382 g/mol. The summed E-state index contributed by atoms with van der Waals surface area (Å²) in [4.78, 5) is 14.4. The normalized spacial score (nSPS) is 11.9. The second-order valence-electron chi connectivity index (χ2n) is 6.09. The molecule has 0 radical (unpaired) electrons. The fourth-order valence-electron chi connectivity index (χ4n) is 2.67. The molecule has 3 aromatic rings. The Bertz CT molecular complexity index is 909. The number of benzene rings is 2. The van der Waals surface area contributed by atoms with Crippen LogP contribution in [-0.2, 0) is 11.8 Å². The molecule has 3 rings (SSSR count). The summed E-state index contributed by atoms with van der Waals surface area (Å²) in [5.74, 6) is 1.55. The van der Waals surface area contributed by atoms with Crippen molar-refractivity contribution in [1.29, 1.82) is 0 Å². The van der Waals surface area contributed by atoms with Crippen LogP contribution in [0.2, 0.25) is 0 Å². The van der Waals surface area contributed by atoms with Crippen LogP contribution in [0.25, 0.3) is 11.4 Å². The van der Waals surface area contributed by atoms with Gasteiger partial charge >= 0.3 is 0 Å². The lowest BCUT2D eigenvalue weighted by molar-refractivity contribution is -0.117. The van der Waals surface area contributed by atoms with E-state index in [-0.39, 0.29) is 11.2 Å². The quantitative estimate of drug-likeness (QED) is 0.609. The summed E-state index contributed by atoms with van der Waals surface area (Å²) in [7, 11) is 5.32. The Labute approximate surface area is 163 Å². The number of rotatable bonds is 6. The third kappa shape index (κ3) is 4.14. The van der Waals surface area contributed by atoms with Crippen molar-refractivity contribution in [2.45, 2.75) is 17.3 Å². The summed E-state index contributed by atoms with van der Waals surface area (Å²) in [6.07, 6.45) is 0. The molecule has 0 N–H and O–H groups in total. The van der Waals surface area contributed by atoms with Gasteiger partial charge in [0.25, 0.3) is 0 Å². The molecule has 0 saturated carbocycles. The van der Waals surface area contributed by atoms with Gasteiger partial charge in [0.1, 0.15) is 5.75 Å². The first-order chi connectivity index (χ1) is 13.0. The standard InChI is InChI=1S/C20H22N4O2S/c1-14(19(25)23(2)16-8-6-5-7-9-16)27-20-22-21-18(24(20)3)15-10-12-17(26-4)13-11-15/h5-14H,1-4H3/t14-/m1/s1. The largest absolute Gasteiger partial charge is 0.497 e. The number of amides is 1. The van der Waals surface area contributed by atoms with Gasteiger partial charge < -0.3 is 14.2 Å². The summed E-state index contributed by atoms with van der Waals surface area (Å²) in [6.45, 7) is 1.88. The van der Waals surface area contributed by atoms with Crippen LogP contribution < -0.4 is 9.64 Å². The van der Waals surface area contributed by atoms with Gasteiger partial charge in [-0.15, -0.1) is 10.2 Å². The maximum Gasteiger partial charge on any atom is 0.240 e. The molecule has 0 bridgehead atoms. The molecule has 6 nitrogen and oxygen atoms in total. The minimum Gasteiger partial charge on any atom is -0.497 e. The van der Waals surface area contributed by atoms with Crippen molar-refractivity contribution >= 4 is 23.4 Å². The third-order valence-electron chi connectivity index (χ3n) is 4.29. The molecule has 1 heterocycles. The number of methoxy groups -OCH3 is 1. The van der Waals surface area contributed by atoms with Crippen LogP contribution >= 0.6 is 11.8 Å². The van der Waals surface area contributed by atoms with Crippen molar-refractivity contribution in [3.05, 3.63) is 54.6 Å². The topological polar surface area (TPSA) is 60.3 Å². The Balaban J connectivity index is 1.74. The van der Waals surface area contributed by atoms with Crippen LogP contribution in [0.1, 0.15) is 6.92 Å². The van der Waals surface area contributed by atoms with Crippen LogP contribution in [0.4, 0.5) is 5.69 Å². The molecule has 1 atom stereocenters. The van der Waals surface area contributed by atoms with Crippen molar-refractivity contribution in [3.8, 4) is 17.1 Å². The van der Waals surface area contributed by atoms with Gasteiger partial charge in [0, 0.05) is 25.3 Å². The maximum absolute atomic E-state index is 12.7. The number of aromatic nitrogens is 3. The van der Waals surface area contributed by atoms with Gasteiger partial charge in [-0.2, -0.15) is 0 Å². The molecule has 0 aliphatic rings. The first-order valence-electron chi connectivity index (χ1n) is 8.54. The Hall–Kier alpha value is -2.80. The summed E-state index contributed by atoms with van der Waals surface area (Å²) >= 11 is 1.40. The van der Waals surface area contributed by atoms with E-state index in [1.807, 2.05) is 73.1 Å². The number of ether oxygens (including phenoxy) is 1. The molecular weight excluding hydrogens is 360 g/mol. The van der Waals surface area contributed by atoms with Crippen molar-refractivity contribution in [3.63, 3.8) is 0 Å². The van der Waals surface area contributed by atoms with Gasteiger partial charge in [-0.3, -0.25) is 4.79 Å². The maximum atomic E-state index is 12.7. The highest BCUT2D eigenvalue weighted by Crippen LogP contribution is 2.28. The number of thioether (sulfide) groups is 1. The van der Waals surface area contributed by atoms with Crippen molar-refractivity contribution in [2.24, 2.45) is 7.05 Å². The van der Waals surface area contributed by atoms with E-state index < -0.39 is 0 Å².